The van der Waals surface area contributed by atoms with Crippen LogP contribution in [0.15, 0.2) is 23.2 Å². The molecule has 0 spiro atoms. The number of amides is 2. The van der Waals surface area contributed by atoms with E-state index in [4.69, 9.17) is 0 Å². The predicted octanol–water partition coefficient (Wildman–Crippen LogP) is 3.59. The monoisotopic (exact) mass is 368 g/mol. The van der Waals surface area contributed by atoms with Crippen molar-refractivity contribution in [1.82, 2.24) is 10.6 Å². The fraction of sp³-hybridized carbons (Fsp3) is 0.429. The van der Waals surface area contributed by atoms with Gasteiger partial charge in [0.25, 0.3) is 0 Å². The zero-order chi connectivity index (χ0) is 18.7. The first-order valence-electron chi connectivity index (χ1n) is 7.23. The third-order valence-electron chi connectivity index (χ3n) is 3.29. The van der Waals surface area contributed by atoms with Crippen LogP contribution in [0.1, 0.15) is 24.0 Å². The summed E-state index contributed by atoms with van der Waals surface area (Å²) in [6.07, 6.45) is -8.62. The Morgan fingerprint density at radius 3 is 2.16 bits per heavy atom. The third-order valence-corrected chi connectivity index (χ3v) is 3.29. The molecular weight excluding hydrogens is 354 g/mol. The molecule has 138 valence electrons. The average Bonchev–Trinajstić information content (AvgIpc) is 2.73. The van der Waals surface area contributed by atoms with Crippen molar-refractivity contribution in [2.75, 3.05) is 18.4 Å². The lowest BCUT2D eigenvalue weighted by molar-refractivity contribution is -0.141. The molecule has 25 heavy (non-hydrogen) atoms. The number of alkyl halides is 6. The third kappa shape index (κ3) is 5.00. The largest absolute Gasteiger partial charge is 0.418 e. The van der Waals surface area contributed by atoms with Gasteiger partial charge in [0.05, 0.1) is 16.8 Å². The number of nitrogens with one attached hydrogen (secondary N) is 3. The van der Waals surface area contributed by atoms with Gasteiger partial charge in [-0.15, -0.1) is 0 Å². The molecule has 5 nitrogen and oxygen atoms in total. The number of anilines is 1. The normalized spacial score (nSPS) is 15.7. The van der Waals surface area contributed by atoms with Crippen LogP contribution in [0.5, 0.6) is 0 Å². The van der Waals surface area contributed by atoms with Crippen LogP contribution >= 0.6 is 0 Å². The van der Waals surface area contributed by atoms with Crippen LogP contribution in [0.4, 0.5) is 36.8 Å². The van der Waals surface area contributed by atoms with E-state index in [-0.39, 0.29) is 5.96 Å². The second-order valence-corrected chi connectivity index (χ2v) is 5.17. The maximum absolute atomic E-state index is 13.0. The zero-order valence-electron chi connectivity index (χ0n) is 12.7. The van der Waals surface area contributed by atoms with Gasteiger partial charge < -0.3 is 10.6 Å². The van der Waals surface area contributed by atoms with Crippen molar-refractivity contribution in [3.05, 3.63) is 29.3 Å². The molecule has 0 bridgehead atoms. The minimum Gasteiger partial charge on any atom is -0.356 e. The average molecular weight is 368 g/mol. The first kappa shape index (κ1) is 18.9. The molecule has 3 N–H and O–H groups in total. The molecule has 11 heteroatoms. The lowest BCUT2D eigenvalue weighted by Gasteiger charge is -2.19. The maximum Gasteiger partial charge on any atom is 0.418 e. The van der Waals surface area contributed by atoms with Gasteiger partial charge in [-0.2, -0.15) is 26.3 Å². The number of para-hydroxylation sites is 1. The summed E-state index contributed by atoms with van der Waals surface area (Å²) >= 11 is 0. The Balaban J connectivity index is 2.30. The molecule has 2 rings (SSSR count). The van der Waals surface area contributed by atoms with E-state index in [1.54, 1.807) is 5.32 Å². The molecule has 0 saturated heterocycles. The molecule has 1 aromatic carbocycles. The van der Waals surface area contributed by atoms with E-state index in [9.17, 15) is 31.1 Å². The number of nitrogens with zero attached hydrogens (tertiary/aromatic N) is 1. The van der Waals surface area contributed by atoms with Crippen molar-refractivity contribution in [2.45, 2.75) is 25.2 Å². The van der Waals surface area contributed by atoms with Crippen LogP contribution in [-0.2, 0) is 12.4 Å². The number of carbonyl (C=O) groups is 1. The molecule has 0 atom stereocenters. The second-order valence-electron chi connectivity index (χ2n) is 5.17. The molecule has 2 amide bonds. The number of hydrogen-bond donors (Lipinski definition) is 3. The highest BCUT2D eigenvalue weighted by Gasteiger charge is 2.41. The van der Waals surface area contributed by atoms with Crippen molar-refractivity contribution in [3.63, 3.8) is 0 Å². The first-order chi connectivity index (χ1) is 11.6. The first-order valence-corrected chi connectivity index (χ1v) is 7.23. The number of hydrogen-bond acceptors (Lipinski definition) is 3. The molecule has 0 fully saturated rings. The number of halogens is 6. The van der Waals surface area contributed by atoms with Gasteiger partial charge in [0.15, 0.2) is 5.96 Å². The van der Waals surface area contributed by atoms with Crippen molar-refractivity contribution in [2.24, 2.45) is 4.99 Å². The Morgan fingerprint density at radius 1 is 1.00 bits per heavy atom. The summed E-state index contributed by atoms with van der Waals surface area (Å²) in [5.74, 6) is -0.00644. The minimum atomic E-state index is -5.07. The van der Waals surface area contributed by atoms with Crippen molar-refractivity contribution < 1.29 is 31.1 Å². The standard InChI is InChI=1S/C14H14F6N4O/c15-13(16,17)8-4-3-5-9(14(18,19)20)10(8)23-12(25)24-11-21-6-1-2-7-22-11/h3-5H,1-2,6-7H2,(H3,21,22,23,24,25). The minimum absolute atomic E-state index is 0.00644. The summed E-state index contributed by atoms with van der Waals surface area (Å²) in [5.41, 5.74) is -4.53. The Kier molecular flexibility index (Phi) is 5.43. The van der Waals surface area contributed by atoms with E-state index >= 15 is 0 Å². The highest BCUT2D eigenvalue weighted by atomic mass is 19.4. The number of carbonyl (C=O) groups excluding carboxylic acids is 1. The predicted molar refractivity (Wildman–Crippen MR) is 78.1 cm³/mol. The molecule has 1 heterocycles. The Bertz CT molecular complexity index is 636. The van der Waals surface area contributed by atoms with Crippen molar-refractivity contribution >= 4 is 17.7 Å². The summed E-state index contributed by atoms with van der Waals surface area (Å²) in [4.78, 5) is 15.8. The summed E-state index contributed by atoms with van der Waals surface area (Å²) in [7, 11) is 0. The van der Waals surface area contributed by atoms with Gasteiger partial charge in [0.1, 0.15) is 0 Å². The maximum atomic E-state index is 13.0. The quantitative estimate of drug-likeness (QED) is 0.664. The van der Waals surface area contributed by atoms with Gasteiger partial charge in [0.2, 0.25) is 0 Å². The fourth-order valence-electron chi connectivity index (χ4n) is 2.19. The molecule has 0 radical (unpaired) electrons. The Morgan fingerprint density at radius 2 is 1.60 bits per heavy atom. The number of guanidine groups is 1. The lowest BCUT2D eigenvalue weighted by atomic mass is 10.1. The van der Waals surface area contributed by atoms with Gasteiger partial charge in [-0.25, -0.2) is 4.79 Å². The van der Waals surface area contributed by atoms with E-state index in [0.29, 0.717) is 31.3 Å². The molecule has 1 aromatic rings. The van der Waals surface area contributed by atoms with Gasteiger partial charge in [-0.1, -0.05) is 6.07 Å². The number of benzene rings is 1. The highest BCUT2D eigenvalue weighted by Crippen LogP contribution is 2.42. The van der Waals surface area contributed by atoms with E-state index in [1.807, 2.05) is 0 Å². The highest BCUT2D eigenvalue weighted by molar-refractivity contribution is 6.03. The van der Waals surface area contributed by atoms with Gasteiger partial charge in [-0.3, -0.25) is 10.3 Å². The van der Waals surface area contributed by atoms with Crippen molar-refractivity contribution in [1.29, 1.82) is 0 Å². The van der Waals surface area contributed by atoms with Crippen molar-refractivity contribution in [3.8, 4) is 0 Å². The van der Waals surface area contributed by atoms with E-state index in [1.165, 1.54) is 0 Å². The van der Waals surface area contributed by atoms with Crippen LogP contribution in [0.2, 0.25) is 0 Å². The fourth-order valence-corrected chi connectivity index (χ4v) is 2.19. The van der Waals surface area contributed by atoms with E-state index < -0.39 is 35.2 Å². The molecule has 0 unspecified atom stereocenters. The smallest absolute Gasteiger partial charge is 0.356 e. The topological polar surface area (TPSA) is 65.5 Å². The number of aliphatic imine (C=N–C) groups is 1. The number of rotatable bonds is 1. The van der Waals surface area contributed by atoms with Crippen LogP contribution in [0, 0.1) is 0 Å². The molecule has 1 aliphatic rings. The summed E-state index contributed by atoms with van der Waals surface area (Å²) < 4.78 is 78.0. The van der Waals surface area contributed by atoms with Crippen LogP contribution in [0.3, 0.4) is 0 Å². The van der Waals surface area contributed by atoms with E-state index in [0.717, 1.165) is 12.8 Å². The zero-order valence-corrected chi connectivity index (χ0v) is 12.7. The van der Waals surface area contributed by atoms with Gasteiger partial charge in [-0.05, 0) is 25.0 Å². The van der Waals surface area contributed by atoms with Gasteiger partial charge >= 0.3 is 18.4 Å². The SMILES string of the molecule is O=C(NC1=NCCCCN1)Nc1c(C(F)(F)F)cccc1C(F)(F)F. The summed E-state index contributed by atoms with van der Waals surface area (Å²) in [6, 6.07) is 0.305. The Hall–Kier alpha value is -2.46. The molecule has 1 aliphatic heterocycles. The molecular formula is C14H14F6N4O. The van der Waals surface area contributed by atoms with Crippen LogP contribution < -0.4 is 16.0 Å². The summed E-state index contributed by atoms with van der Waals surface area (Å²) in [5, 5.41) is 6.49. The van der Waals surface area contributed by atoms with Crippen LogP contribution in [-0.4, -0.2) is 25.1 Å². The van der Waals surface area contributed by atoms with Gasteiger partial charge in [0, 0.05) is 13.1 Å². The van der Waals surface area contributed by atoms with Crippen LogP contribution in [0.25, 0.3) is 0 Å². The number of urea groups is 1. The lowest BCUT2D eigenvalue weighted by Crippen LogP contribution is -2.43. The molecule has 0 aromatic heterocycles. The Labute approximate surface area is 138 Å². The second kappa shape index (κ2) is 7.19. The van der Waals surface area contributed by atoms with E-state index in [2.05, 4.69) is 15.6 Å². The molecule has 0 saturated carbocycles. The molecule has 0 aliphatic carbocycles. The summed E-state index contributed by atoms with van der Waals surface area (Å²) in [6.45, 7) is 0.863.